The van der Waals surface area contributed by atoms with Gasteiger partial charge in [-0.2, -0.15) is 5.26 Å². The van der Waals surface area contributed by atoms with Crippen molar-refractivity contribution in [2.75, 3.05) is 13.1 Å². The Morgan fingerprint density at radius 2 is 1.81 bits per heavy atom. The Balaban J connectivity index is 1.24. The summed E-state index contributed by atoms with van der Waals surface area (Å²) in [6, 6.07) is 25.2. The number of carbonyl (C=O) groups excluding carboxylic acids is 1. The Morgan fingerprint density at radius 3 is 2.62 bits per heavy atom. The summed E-state index contributed by atoms with van der Waals surface area (Å²) in [5.74, 6) is 1.80. The fourth-order valence-electron chi connectivity index (χ4n) is 5.75. The maximum atomic E-state index is 12.6. The second-order valence-corrected chi connectivity index (χ2v) is 10.4. The van der Waals surface area contributed by atoms with Crippen LogP contribution in [0, 0.1) is 23.2 Å². The molecule has 1 saturated carbocycles. The molecule has 1 saturated heterocycles. The summed E-state index contributed by atoms with van der Waals surface area (Å²) < 4.78 is 2.21. The lowest BCUT2D eigenvalue weighted by atomic mass is 10.0. The number of para-hydroxylation sites is 1. The Morgan fingerprint density at radius 1 is 1.00 bits per heavy atom. The van der Waals surface area contributed by atoms with Crippen molar-refractivity contribution in [2.45, 2.75) is 25.8 Å². The van der Waals surface area contributed by atoms with Crippen molar-refractivity contribution in [1.29, 1.82) is 5.26 Å². The zero-order chi connectivity index (χ0) is 24.9. The average Bonchev–Trinajstić information content (AvgIpc) is 3.32. The molecule has 182 valence electrons. The van der Waals surface area contributed by atoms with E-state index in [0.29, 0.717) is 17.4 Å². The Labute approximate surface area is 215 Å². The summed E-state index contributed by atoms with van der Waals surface area (Å²) in [6.45, 7) is 2.35. The molecule has 1 amide bonds. The maximum absolute atomic E-state index is 12.6. The quantitative estimate of drug-likeness (QED) is 0.333. The topological polar surface area (TPSA) is 77.7 Å². The van der Waals surface area contributed by atoms with Crippen molar-refractivity contribution < 1.29 is 4.79 Å². The van der Waals surface area contributed by atoms with E-state index in [-0.39, 0.29) is 5.92 Å². The first-order valence-electron chi connectivity index (χ1n) is 13.0. The molecule has 0 radical (unpaired) electrons. The van der Waals surface area contributed by atoms with Crippen molar-refractivity contribution in [3.05, 3.63) is 78.5 Å². The van der Waals surface area contributed by atoms with Gasteiger partial charge in [-0.3, -0.25) is 4.79 Å². The SMILES string of the molecule is N#Cc1cccc2nc(-c3ccc(-c4ccc5[nH]ccc5c4)cc3)n(CC3CCN(C(=O)C4CC4)C3)c12. The van der Waals surface area contributed by atoms with Crippen molar-refractivity contribution in [1.82, 2.24) is 19.4 Å². The molecule has 2 aliphatic rings. The number of nitrogens with zero attached hydrogens (tertiary/aromatic N) is 4. The van der Waals surface area contributed by atoms with Crippen LogP contribution in [0.5, 0.6) is 0 Å². The van der Waals surface area contributed by atoms with Crippen LogP contribution in [0.1, 0.15) is 24.8 Å². The number of aromatic nitrogens is 3. The van der Waals surface area contributed by atoms with Gasteiger partial charge in [0, 0.05) is 42.8 Å². The largest absolute Gasteiger partial charge is 0.361 e. The molecule has 7 rings (SSSR count). The summed E-state index contributed by atoms with van der Waals surface area (Å²) in [4.78, 5) is 22.9. The highest BCUT2D eigenvalue weighted by Crippen LogP contribution is 2.35. The average molecular weight is 486 g/mol. The van der Waals surface area contributed by atoms with Gasteiger partial charge in [-0.25, -0.2) is 4.98 Å². The molecule has 2 fully saturated rings. The van der Waals surface area contributed by atoms with Gasteiger partial charge in [-0.05, 0) is 72.0 Å². The number of amides is 1. The summed E-state index contributed by atoms with van der Waals surface area (Å²) in [6.07, 6.45) is 5.02. The molecule has 2 aromatic heterocycles. The minimum Gasteiger partial charge on any atom is -0.361 e. The van der Waals surface area contributed by atoms with Crippen molar-refractivity contribution in [3.63, 3.8) is 0 Å². The van der Waals surface area contributed by atoms with Crippen LogP contribution in [0.25, 0.3) is 44.5 Å². The van der Waals surface area contributed by atoms with Gasteiger partial charge in [0.1, 0.15) is 11.9 Å². The van der Waals surface area contributed by atoms with Gasteiger partial charge in [-0.1, -0.05) is 36.4 Å². The first kappa shape index (κ1) is 21.9. The minimum absolute atomic E-state index is 0.255. The van der Waals surface area contributed by atoms with Gasteiger partial charge in [0.2, 0.25) is 5.91 Å². The second kappa shape index (κ2) is 8.63. The first-order valence-corrected chi connectivity index (χ1v) is 13.0. The van der Waals surface area contributed by atoms with E-state index in [1.165, 1.54) is 10.9 Å². The van der Waals surface area contributed by atoms with Crippen molar-refractivity contribution >= 4 is 27.8 Å². The number of hydrogen-bond donors (Lipinski definition) is 1. The smallest absolute Gasteiger partial charge is 0.225 e. The molecule has 0 bridgehead atoms. The van der Waals surface area contributed by atoms with Crippen LogP contribution < -0.4 is 0 Å². The predicted octanol–water partition coefficient (Wildman–Crippen LogP) is 5.98. The molecule has 6 nitrogen and oxygen atoms in total. The zero-order valence-electron chi connectivity index (χ0n) is 20.5. The highest BCUT2D eigenvalue weighted by atomic mass is 16.2. The maximum Gasteiger partial charge on any atom is 0.225 e. The number of nitrogens with one attached hydrogen (secondary N) is 1. The van der Waals surface area contributed by atoms with Crippen LogP contribution in [0.15, 0.2) is 72.9 Å². The van der Waals surface area contributed by atoms with E-state index >= 15 is 0 Å². The van der Waals surface area contributed by atoms with E-state index in [2.05, 4.69) is 64.2 Å². The van der Waals surface area contributed by atoms with Crippen molar-refractivity contribution in [3.8, 4) is 28.6 Å². The van der Waals surface area contributed by atoms with Gasteiger partial charge < -0.3 is 14.5 Å². The molecule has 3 heterocycles. The Bertz CT molecular complexity index is 1680. The highest BCUT2D eigenvalue weighted by molar-refractivity contribution is 5.87. The molecule has 37 heavy (non-hydrogen) atoms. The van der Waals surface area contributed by atoms with Gasteiger partial charge in [0.05, 0.1) is 16.6 Å². The number of fused-ring (bicyclic) bond motifs is 2. The van der Waals surface area contributed by atoms with E-state index in [0.717, 1.165) is 72.4 Å². The molecule has 6 heteroatoms. The predicted molar refractivity (Wildman–Crippen MR) is 145 cm³/mol. The van der Waals surface area contributed by atoms with Gasteiger partial charge in [0.25, 0.3) is 0 Å². The lowest BCUT2D eigenvalue weighted by Gasteiger charge is -2.18. The molecular weight excluding hydrogens is 458 g/mol. The Hall–Kier alpha value is -4.37. The number of likely N-dealkylation sites (tertiary alicyclic amines) is 1. The van der Waals surface area contributed by atoms with E-state index < -0.39 is 0 Å². The van der Waals surface area contributed by atoms with Crippen LogP contribution in [0.3, 0.4) is 0 Å². The van der Waals surface area contributed by atoms with E-state index in [4.69, 9.17) is 4.98 Å². The monoisotopic (exact) mass is 485 g/mol. The summed E-state index contributed by atoms with van der Waals surface area (Å²) in [7, 11) is 0. The molecular formula is C31H27N5O. The van der Waals surface area contributed by atoms with Crippen LogP contribution in [0.4, 0.5) is 0 Å². The highest BCUT2D eigenvalue weighted by Gasteiger charge is 2.37. The van der Waals surface area contributed by atoms with E-state index in [1.54, 1.807) is 0 Å². The lowest BCUT2D eigenvalue weighted by molar-refractivity contribution is -0.131. The standard InChI is InChI=1S/C31H27N5O/c32-17-26-2-1-3-28-29(26)36(19-20-13-15-35(18-20)31(37)23-8-9-23)30(34-28)22-6-4-21(5-7-22)24-10-11-27-25(16-24)12-14-33-27/h1-7,10-12,14,16,20,23,33H,8-9,13,15,18-19H2. The molecule has 1 aliphatic heterocycles. The zero-order valence-corrected chi connectivity index (χ0v) is 20.5. The fourth-order valence-corrected chi connectivity index (χ4v) is 5.75. The first-order chi connectivity index (χ1) is 18.2. The normalized spacial score (nSPS) is 17.5. The molecule has 1 N–H and O–H groups in total. The fraction of sp³-hybridized carbons (Fsp3) is 0.258. The summed E-state index contributed by atoms with van der Waals surface area (Å²) in [5.41, 5.74) is 6.83. The molecule has 5 aromatic rings. The van der Waals surface area contributed by atoms with Crippen molar-refractivity contribution in [2.24, 2.45) is 11.8 Å². The van der Waals surface area contributed by atoms with Gasteiger partial charge in [0.15, 0.2) is 0 Å². The van der Waals surface area contributed by atoms with Gasteiger partial charge in [-0.15, -0.1) is 0 Å². The molecule has 0 spiro atoms. The Kier molecular flexibility index (Phi) is 5.10. The minimum atomic E-state index is 0.255. The van der Waals surface area contributed by atoms with Crippen LogP contribution in [-0.2, 0) is 11.3 Å². The van der Waals surface area contributed by atoms with Crippen LogP contribution >= 0.6 is 0 Å². The number of imidazole rings is 1. The number of carbonyl (C=O) groups is 1. The van der Waals surface area contributed by atoms with E-state index in [9.17, 15) is 10.1 Å². The molecule has 1 unspecified atom stereocenters. The third-order valence-electron chi connectivity index (χ3n) is 7.88. The number of aromatic amines is 1. The number of hydrogen-bond acceptors (Lipinski definition) is 3. The molecule has 1 aliphatic carbocycles. The summed E-state index contributed by atoms with van der Waals surface area (Å²) in [5, 5.41) is 11.1. The van der Waals surface area contributed by atoms with Crippen LogP contribution in [-0.4, -0.2) is 38.4 Å². The number of benzene rings is 3. The third-order valence-corrected chi connectivity index (χ3v) is 7.88. The number of H-pyrrole nitrogens is 1. The molecule has 1 atom stereocenters. The lowest BCUT2D eigenvalue weighted by Crippen LogP contribution is -2.30. The number of rotatable bonds is 5. The van der Waals surface area contributed by atoms with E-state index in [1.807, 2.05) is 29.3 Å². The third kappa shape index (κ3) is 3.88. The second-order valence-electron chi connectivity index (χ2n) is 10.4. The molecule has 3 aromatic carbocycles. The van der Waals surface area contributed by atoms with Crippen LogP contribution in [0.2, 0.25) is 0 Å². The summed E-state index contributed by atoms with van der Waals surface area (Å²) >= 11 is 0. The number of nitriles is 1. The van der Waals surface area contributed by atoms with Gasteiger partial charge >= 0.3 is 0 Å².